The average Bonchev–Trinajstić information content (AvgIpc) is 2.99. The molecule has 0 fully saturated rings. The Bertz CT molecular complexity index is 679. The molecule has 1 aromatic heterocycles. The average molecular weight is 308 g/mol. The quantitative estimate of drug-likeness (QED) is 0.888. The number of amides is 1. The van der Waals surface area contributed by atoms with Crippen molar-refractivity contribution >= 4 is 34.5 Å². The van der Waals surface area contributed by atoms with Crippen molar-refractivity contribution in [3.05, 3.63) is 50.7 Å². The van der Waals surface area contributed by atoms with Gasteiger partial charge >= 0.3 is 0 Å². The Balaban J connectivity index is 2.11. The number of hydrogen-bond donors (Lipinski definition) is 2. The van der Waals surface area contributed by atoms with Crippen molar-refractivity contribution in [1.82, 2.24) is 0 Å². The van der Waals surface area contributed by atoms with Crippen LogP contribution in [0.5, 0.6) is 0 Å². The molecule has 0 aliphatic carbocycles. The van der Waals surface area contributed by atoms with Gasteiger partial charge in [0.25, 0.3) is 0 Å². The summed E-state index contributed by atoms with van der Waals surface area (Å²) in [7, 11) is 0. The van der Waals surface area contributed by atoms with E-state index >= 15 is 0 Å². The third-order valence-electron chi connectivity index (χ3n) is 3.72. The number of halogens is 1. The Labute approximate surface area is 126 Å². The highest BCUT2D eigenvalue weighted by atomic mass is 35.5. The first-order valence-corrected chi connectivity index (χ1v) is 7.54. The first-order valence-electron chi connectivity index (χ1n) is 6.28. The van der Waals surface area contributed by atoms with Crippen LogP contribution < -0.4 is 5.32 Å². The molecule has 3 rings (SSSR count). The molecule has 1 aromatic carbocycles. The van der Waals surface area contributed by atoms with Crippen molar-refractivity contribution < 1.29 is 9.90 Å². The minimum absolute atomic E-state index is 0.0721. The molecule has 5 heteroatoms. The molecule has 0 spiro atoms. The lowest BCUT2D eigenvalue weighted by molar-refractivity contribution is -0.119. The molecule has 1 aliphatic heterocycles. The van der Waals surface area contributed by atoms with Crippen LogP contribution in [0, 0.1) is 0 Å². The number of rotatable bonds is 2. The lowest BCUT2D eigenvalue weighted by atomic mass is 9.85. The molecule has 1 aliphatic rings. The zero-order chi connectivity index (χ0) is 14.5. The highest BCUT2D eigenvalue weighted by Crippen LogP contribution is 2.43. The van der Waals surface area contributed by atoms with Gasteiger partial charge in [0.15, 0.2) is 0 Å². The molecule has 2 N–H and O–H groups in total. The second-order valence-electron chi connectivity index (χ2n) is 5.42. The van der Waals surface area contributed by atoms with Gasteiger partial charge in [-0.05, 0) is 48.6 Å². The highest BCUT2D eigenvalue weighted by molar-refractivity contribution is 7.10. The van der Waals surface area contributed by atoms with E-state index in [1.807, 2.05) is 37.4 Å². The summed E-state index contributed by atoms with van der Waals surface area (Å²) < 4.78 is 0. The van der Waals surface area contributed by atoms with Gasteiger partial charge in [0, 0.05) is 4.88 Å². The number of carbonyl (C=O) groups excluding carboxylic acids is 1. The van der Waals surface area contributed by atoms with E-state index in [1.165, 1.54) is 11.3 Å². The lowest BCUT2D eigenvalue weighted by Gasteiger charge is -2.18. The van der Waals surface area contributed by atoms with E-state index in [-0.39, 0.29) is 5.91 Å². The number of thiophene rings is 1. The number of aliphatic hydroxyl groups excluding tert-OH is 1. The van der Waals surface area contributed by atoms with Crippen LogP contribution in [-0.2, 0) is 10.2 Å². The van der Waals surface area contributed by atoms with Crippen molar-refractivity contribution in [3.63, 3.8) is 0 Å². The molecule has 3 nitrogen and oxygen atoms in total. The monoisotopic (exact) mass is 307 g/mol. The van der Waals surface area contributed by atoms with Gasteiger partial charge in [0.1, 0.15) is 6.10 Å². The van der Waals surface area contributed by atoms with E-state index in [1.54, 1.807) is 6.07 Å². The zero-order valence-corrected chi connectivity index (χ0v) is 12.7. The summed E-state index contributed by atoms with van der Waals surface area (Å²) in [5.74, 6) is -0.0721. The van der Waals surface area contributed by atoms with Gasteiger partial charge in [0.2, 0.25) is 5.91 Å². The predicted octanol–water partition coefficient (Wildman–Crippen LogP) is 3.71. The number of nitrogens with one attached hydrogen (secondary N) is 1. The van der Waals surface area contributed by atoms with E-state index in [0.29, 0.717) is 16.3 Å². The maximum absolute atomic E-state index is 12.0. The van der Waals surface area contributed by atoms with Gasteiger partial charge < -0.3 is 10.4 Å². The largest absolute Gasteiger partial charge is 0.383 e. The van der Waals surface area contributed by atoms with Crippen LogP contribution in [0.4, 0.5) is 5.69 Å². The van der Waals surface area contributed by atoms with Crippen LogP contribution >= 0.6 is 22.9 Å². The summed E-state index contributed by atoms with van der Waals surface area (Å²) in [5, 5.41) is 15.6. The molecule has 0 radical (unpaired) electrons. The molecule has 104 valence electrons. The number of fused-ring (bicyclic) bond motifs is 1. The number of carbonyl (C=O) groups is 1. The molecule has 2 aromatic rings. The lowest BCUT2D eigenvalue weighted by Crippen LogP contribution is -2.26. The van der Waals surface area contributed by atoms with Crippen LogP contribution in [0.3, 0.4) is 0 Å². The third-order valence-corrected chi connectivity index (χ3v) is 4.94. The predicted molar refractivity (Wildman–Crippen MR) is 81.5 cm³/mol. The molecule has 1 amide bonds. The fourth-order valence-electron chi connectivity index (χ4n) is 2.41. The van der Waals surface area contributed by atoms with Crippen LogP contribution in [0.25, 0.3) is 0 Å². The smallest absolute Gasteiger partial charge is 0.234 e. The Morgan fingerprint density at radius 2 is 2.15 bits per heavy atom. The molecule has 1 atom stereocenters. The standard InChI is InChI=1S/C15H14ClNO2S/c1-15(2)9-6-8(13(18)11-4-3-5-20-11)7-10(16)12(9)17-14(15)19/h3-7,13,18H,1-2H3,(H,17,19). The van der Waals surface area contributed by atoms with Crippen molar-refractivity contribution in [1.29, 1.82) is 0 Å². The van der Waals surface area contributed by atoms with E-state index in [0.717, 1.165) is 10.4 Å². The summed E-state index contributed by atoms with van der Waals surface area (Å²) in [6.45, 7) is 3.71. The Morgan fingerprint density at radius 1 is 1.40 bits per heavy atom. The third kappa shape index (κ3) is 1.95. The summed E-state index contributed by atoms with van der Waals surface area (Å²) in [6.07, 6.45) is -0.718. The van der Waals surface area contributed by atoms with Crippen molar-refractivity contribution in [2.75, 3.05) is 5.32 Å². The normalized spacial score (nSPS) is 17.7. The van der Waals surface area contributed by atoms with Crippen molar-refractivity contribution in [2.24, 2.45) is 0 Å². The number of hydrogen-bond acceptors (Lipinski definition) is 3. The minimum atomic E-state index is -0.718. The molecule has 0 bridgehead atoms. The molecule has 20 heavy (non-hydrogen) atoms. The first-order chi connectivity index (χ1) is 9.41. The van der Waals surface area contributed by atoms with Crippen molar-refractivity contribution in [3.8, 4) is 0 Å². The maximum Gasteiger partial charge on any atom is 0.234 e. The Kier molecular flexibility index (Phi) is 3.12. The number of anilines is 1. The second-order valence-corrected chi connectivity index (χ2v) is 6.81. The van der Waals surface area contributed by atoms with Crippen LogP contribution in [0.2, 0.25) is 5.02 Å². The molecule has 0 saturated carbocycles. The van der Waals surface area contributed by atoms with E-state index < -0.39 is 11.5 Å². The zero-order valence-electron chi connectivity index (χ0n) is 11.1. The van der Waals surface area contributed by atoms with Gasteiger partial charge in [-0.1, -0.05) is 17.7 Å². The fraction of sp³-hybridized carbons (Fsp3) is 0.267. The topological polar surface area (TPSA) is 49.3 Å². The maximum atomic E-state index is 12.0. The SMILES string of the molecule is CC1(C)C(=O)Nc2c(Cl)cc(C(O)c3cccs3)cc21. The first kappa shape index (κ1) is 13.6. The summed E-state index contributed by atoms with van der Waals surface area (Å²) in [5.41, 5.74) is 1.56. The highest BCUT2D eigenvalue weighted by Gasteiger charge is 2.40. The number of aliphatic hydroxyl groups is 1. The van der Waals surface area contributed by atoms with Gasteiger partial charge in [-0.25, -0.2) is 0 Å². The molecular weight excluding hydrogens is 294 g/mol. The summed E-state index contributed by atoms with van der Waals surface area (Å²) in [6, 6.07) is 7.36. The van der Waals surface area contributed by atoms with Crippen LogP contribution in [0.15, 0.2) is 29.6 Å². The van der Waals surface area contributed by atoms with Gasteiger partial charge in [-0.15, -0.1) is 11.3 Å². The molecular formula is C15H14ClNO2S. The van der Waals surface area contributed by atoms with Gasteiger partial charge in [-0.2, -0.15) is 0 Å². The Hall–Kier alpha value is -1.36. The summed E-state index contributed by atoms with van der Waals surface area (Å²) in [4.78, 5) is 12.8. The van der Waals surface area contributed by atoms with Gasteiger partial charge in [-0.3, -0.25) is 4.79 Å². The van der Waals surface area contributed by atoms with Crippen LogP contribution in [0.1, 0.15) is 36.0 Å². The fourth-order valence-corrected chi connectivity index (χ4v) is 3.42. The van der Waals surface area contributed by atoms with Crippen LogP contribution in [-0.4, -0.2) is 11.0 Å². The van der Waals surface area contributed by atoms with E-state index in [9.17, 15) is 9.90 Å². The van der Waals surface area contributed by atoms with Gasteiger partial charge in [0.05, 0.1) is 16.1 Å². The molecule has 2 heterocycles. The Morgan fingerprint density at radius 3 is 2.80 bits per heavy atom. The molecule has 0 saturated heterocycles. The molecule has 1 unspecified atom stereocenters. The van der Waals surface area contributed by atoms with Crippen molar-refractivity contribution in [2.45, 2.75) is 25.4 Å². The second kappa shape index (κ2) is 4.58. The van der Waals surface area contributed by atoms with E-state index in [2.05, 4.69) is 5.32 Å². The summed E-state index contributed by atoms with van der Waals surface area (Å²) >= 11 is 7.74. The van der Waals surface area contributed by atoms with E-state index in [4.69, 9.17) is 11.6 Å². The number of benzene rings is 1. The minimum Gasteiger partial charge on any atom is -0.383 e.